The lowest BCUT2D eigenvalue weighted by molar-refractivity contribution is 0.0954. The molecule has 0 bridgehead atoms. The first-order chi connectivity index (χ1) is 13.0. The number of alkyl halides is 2. The third-order valence-corrected chi connectivity index (χ3v) is 5.44. The molecule has 144 valence electrons. The number of rotatable bonds is 6. The van der Waals surface area contributed by atoms with Gasteiger partial charge in [-0.05, 0) is 42.8 Å². The molecule has 4 nitrogen and oxygen atoms in total. The molecule has 2 aromatic carbocycles. The van der Waals surface area contributed by atoms with Gasteiger partial charge in [0.1, 0.15) is 4.84 Å². The van der Waals surface area contributed by atoms with Gasteiger partial charge in [0.25, 0.3) is 5.91 Å². The quantitative estimate of drug-likeness (QED) is 0.740. The Bertz CT molecular complexity index is 756. The van der Waals surface area contributed by atoms with Crippen molar-refractivity contribution in [3.8, 4) is 0 Å². The van der Waals surface area contributed by atoms with Crippen molar-refractivity contribution in [1.82, 2.24) is 10.2 Å². The molecule has 1 N–H and O–H groups in total. The summed E-state index contributed by atoms with van der Waals surface area (Å²) in [5.41, 5.74) is 3.94. The van der Waals surface area contributed by atoms with Crippen molar-refractivity contribution in [2.45, 2.75) is 11.3 Å². The van der Waals surface area contributed by atoms with Crippen molar-refractivity contribution in [3.63, 3.8) is 0 Å². The average molecular weight is 406 g/mol. The van der Waals surface area contributed by atoms with E-state index in [-0.39, 0.29) is 5.91 Å². The number of carbonyl (C=O) groups is 1. The van der Waals surface area contributed by atoms with Gasteiger partial charge in [-0.3, -0.25) is 4.79 Å². The number of amides is 1. The molecule has 1 amide bonds. The summed E-state index contributed by atoms with van der Waals surface area (Å²) in [6.45, 7) is 4.82. The monoisotopic (exact) mass is 405 g/mol. The van der Waals surface area contributed by atoms with E-state index in [4.69, 9.17) is 23.2 Å². The lowest BCUT2D eigenvalue weighted by Crippen LogP contribution is -2.44. The Morgan fingerprint density at radius 1 is 1.04 bits per heavy atom. The molecule has 1 saturated heterocycles. The van der Waals surface area contributed by atoms with E-state index in [2.05, 4.69) is 46.4 Å². The molecule has 0 aliphatic carbocycles. The summed E-state index contributed by atoms with van der Waals surface area (Å²) >= 11 is 11.7. The molecular weight excluding hydrogens is 381 g/mol. The first-order valence-electron chi connectivity index (χ1n) is 9.22. The number of hydrogen-bond acceptors (Lipinski definition) is 3. The van der Waals surface area contributed by atoms with Crippen LogP contribution in [-0.2, 0) is 6.42 Å². The Hall–Kier alpha value is -1.75. The maximum atomic E-state index is 12.3. The summed E-state index contributed by atoms with van der Waals surface area (Å²) in [6.07, 6.45) is 0.803. The molecule has 0 aromatic heterocycles. The number of anilines is 1. The molecular formula is C21H25Cl2N3O. The summed E-state index contributed by atoms with van der Waals surface area (Å²) in [4.78, 5) is 16.6. The number of hydrogen-bond donors (Lipinski definition) is 1. The smallest absolute Gasteiger partial charge is 0.251 e. The topological polar surface area (TPSA) is 35.6 Å². The highest BCUT2D eigenvalue weighted by Gasteiger charge is 2.16. The Morgan fingerprint density at radius 3 is 2.37 bits per heavy atom. The molecule has 1 aliphatic heterocycles. The Kier molecular flexibility index (Phi) is 7.00. The van der Waals surface area contributed by atoms with Crippen LogP contribution in [0.1, 0.15) is 26.3 Å². The molecule has 1 heterocycles. The average Bonchev–Trinajstić information content (AvgIpc) is 2.69. The third-order valence-electron chi connectivity index (χ3n) is 4.94. The van der Waals surface area contributed by atoms with Gasteiger partial charge in [0.05, 0.1) is 0 Å². The predicted octanol–water partition coefficient (Wildman–Crippen LogP) is 3.89. The molecule has 0 radical (unpaired) electrons. The number of para-hydroxylation sites is 1. The first kappa shape index (κ1) is 20.0. The molecule has 0 saturated carbocycles. The third kappa shape index (κ3) is 5.38. The van der Waals surface area contributed by atoms with Crippen molar-refractivity contribution < 1.29 is 4.79 Å². The van der Waals surface area contributed by atoms with Gasteiger partial charge in [0.2, 0.25) is 0 Å². The molecule has 3 rings (SSSR count). The first-order valence-corrected chi connectivity index (χ1v) is 10.1. The van der Waals surface area contributed by atoms with Crippen LogP contribution in [0.25, 0.3) is 0 Å². The highest BCUT2D eigenvalue weighted by Crippen LogP contribution is 2.24. The number of piperazine rings is 1. The van der Waals surface area contributed by atoms with E-state index in [1.807, 2.05) is 0 Å². The van der Waals surface area contributed by atoms with Gasteiger partial charge < -0.3 is 15.1 Å². The van der Waals surface area contributed by atoms with Crippen LogP contribution in [0, 0.1) is 0 Å². The molecule has 1 aliphatic rings. The SMILES string of the molecule is CN1CCN(c2ccccc2CCNC(=O)c2ccc(C(Cl)Cl)cc2)CC1. The fourth-order valence-electron chi connectivity index (χ4n) is 3.27. The summed E-state index contributed by atoms with van der Waals surface area (Å²) in [5.74, 6) is -0.0840. The van der Waals surface area contributed by atoms with E-state index in [0.29, 0.717) is 12.1 Å². The van der Waals surface area contributed by atoms with Gasteiger partial charge in [-0.25, -0.2) is 0 Å². The normalized spacial score (nSPS) is 15.2. The molecule has 6 heteroatoms. The van der Waals surface area contributed by atoms with Crippen LogP contribution in [0.3, 0.4) is 0 Å². The lowest BCUT2D eigenvalue weighted by atomic mass is 10.1. The highest BCUT2D eigenvalue weighted by molar-refractivity contribution is 6.44. The second-order valence-electron chi connectivity index (χ2n) is 6.85. The van der Waals surface area contributed by atoms with Gasteiger partial charge in [-0.2, -0.15) is 0 Å². The zero-order valence-electron chi connectivity index (χ0n) is 15.5. The minimum atomic E-state index is -0.576. The predicted molar refractivity (Wildman–Crippen MR) is 113 cm³/mol. The lowest BCUT2D eigenvalue weighted by Gasteiger charge is -2.35. The van der Waals surface area contributed by atoms with Gasteiger partial charge in [-0.1, -0.05) is 30.3 Å². The Labute approximate surface area is 171 Å². The minimum Gasteiger partial charge on any atom is -0.369 e. The van der Waals surface area contributed by atoms with Crippen LogP contribution >= 0.6 is 23.2 Å². The van der Waals surface area contributed by atoms with Crippen molar-refractivity contribution in [1.29, 1.82) is 0 Å². The summed E-state index contributed by atoms with van der Waals surface area (Å²) < 4.78 is 0. The van der Waals surface area contributed by atoms with Gasteiger partial charge in [0.15, 0.2) is 0 Å². The maximum Gasteiger partial charge on any atom is 0.251 e. The van der Waals surface area contributed by atoms with Crippen LogP contribution in [0.4, 0.5) is 5.69 Å². The highest BCUT2D eigenvalue weighted by atomic mass is 35.5. The van der Waals surface area contributed by atoms with Crippen LogP contribution in [0.2, 0.25) is 0 Å². The minimum absolute atomic E-state index is 0.0840. The maximum absolute atomic E-state index is 12.3. The largest absolute Gasteiger partial charge is 0.369 e. The van der Waals surface area contributed by atoms with Crippen LogP contribution in [0.15, 0.2) is 48.5 Å². The zero-order chi connectivity index (χ0) is 19.2. The Morgan fingerprint density at radius 2 is 1.70 bits per heavy atom. The van der Waals surface area contributed by atoms with Gasteiger partial charge >= 0.3 is 0 Å². The standard InChI is InChI=1S/C21H25Cl2N3O/c1-25-12-14-26(15-13-25)19-5-3-2-4-16(19)10-11-24-21(27)18-8-6-17(7-9-18)20(22)23/h2-9,20H,10-15H2,1H3,(H,24,27). The second-order valence-corrected chi connectivity index (χ2v) is 7.94. The number of carbonyl (C=O) groups excluding carboxylic acids is 1. The van der Waals surface area contributed by atoms with E-state index >= 15 is 0 Å². The number of benzene rings is 2. The van der Waals surface area contributed by atoms with Crippen LogP contribution in [0.5, 0.6) is 0 Å². The van der Waals surface area contributed by atoms with Crippen LogP contribution in [-0.4, -0.2) is 50.6 Å². The number of halogens is 2. The van der Waals surface area contributed by atoms with E-state index in [1.165, 1.54) is 11.3 Å². The van der Waals surface area contributed by atoms with Gasteiger partial charge in [0, 0.05) is 44.0 Å². The van der Waals surface area contributed by atoms with Gasteiger partial charge in [-0.15, -0.1) is 23.2 Å². The molecule has 0 atom stereocenters. The zero-order valence-corrected chi connectivity index (χ0v) is 17.0. The fraction of sp³-hybridized carbons (Fsp3) is 0.381. The molecule has 1 fully saturated rings. The van der Waals surface area contributed by atoms with Crippen molar-refractivity contribution in [2.24, 2.45) is 0 Å². The molecule has 2 aromatic rings. The summed E-state index contributed by atoms with van der Waals surface area (Å²) in [5, 5.41) is 3.00. The molecule has 0 unspecified atom stereocenters. The second kappa shape index (κ2) is 9.45. The summed E-state index contributed by atoms with van der Waals surface area (Å²) in [7, 11) is 2.16. The van der Waals surface area contributed by atoms with E-state index in [0.717, 1.165) is 38.2 Å². The van der Waals surface area contributed by atoms with Crippen molar-refractivity contribution in [2.75, 3.05) is 44.7 Å². The number of likely N-dealkylation sites (N-methyl/N-ethyl adjacent to an activating group) is 1. The van der Waals surface area contributed by atoms with Crippen molar-refractivity contribution >= 4 is 34.8 Å². The number of nitrogens with one attached hydrogen (secondary N) is 1. The van der Waals surface area contributed by atoms with E-state index < -0.39 is 4.84 Å². The molecule has 27 heavy (non-hydrogen) atoms. The summed E-state index contributed by atoms with van der Waals surface area (Å²) in [6, 6.07) is 15.5. The van der Waals surface area contributed by atoms with E-state index in [1.54, 1.807) is 24.3 Å². The fourth-order valence-corrected chi connectivity index (χ4v) is 3.56. The number of nitrogens with zero attached hydrogens (tertiary/aromatic N) is 2. The Balaban J connectivity index is 1.56. The van der Waals surface area contributed by atoms with Crippen molar-refractivity contribution in [3.05, 3.63) is 65.2 Å². The molecule has 0 spiro atoms. The van der Waals surface area contributed by atoms with Crippen LogP contribution < -0.4 is 10.2 Å². The van der Waals surface area contributed by atoms with E-state index in [9.17, 15) is 4.79 Å².